The van der Waals surface area contributed by atoms with Crippen molar-refractivity contribution in [3.05, 3.63) is 12.2 Å². The molecule has 0 N–H and O–H groups in total. The molecule has 0 spiro atoms. The van der Waals surface area contributed by atoms with Crippen molar-refractivity contribution in [2.45, 2.75) is 76.2 Å². The molecule has 0 aromatic heterocycles. The first-order chi connectivity index (χ1) is 9.91. The summed E-state index contributed by atoms with van der Waals surface area (Å²) in [5.41, 5.74) is 0. The minimum absolute atomic E-state index is 0.456. The molecule has 0 rings (SSSR count). The van der Waals surface area contributed by atoms with Crippen LogP contribution in [0.4, 0.5) is 0 Å². The van der Waals surface area contributed by atoms with E-state index in [1.54, 1.807) is 0 Å². The molecule has 0 saturated carbocycles. The van der Waals surface area contributed by atoms with Crippen LogP contribution in [0.15, 0.2) is 12.2 Å². The molecule has 114 valence electrons. The molecule has 0 fully saturated rings. The maximum atomic E-state index is 5.46. The average Bonchev–Trinajstić information content (AvgIpc) is 2.47. The van der Waals surface area contributed by atoms with Gasteiger partial charge in [0.2, 0.25) is 0 Å². The molecule has 0 unspecified atom stereocenters. The van der Waals surface area contributed by atoms with E-state index in [1.165, 1.54) is 62.9 Å². The monoisotopic (exact) mass is 276 g/mol. The minimum Gasteiger partial charge on any atom is -0.0654 e. The van der Waals surface area contributed by atoms with Gasteiger partial charge in [0.1, 0.15) is 0 Å². The molecule has 20 heavy (non-hydrogen) atoms. The zero-order chi connectivity index (χ0) is 14.7. The Hall–Kier alpha value is 0.257. The van der Waals surface area contributed by atoms with Gasteiger partial charge in [-0.05, 0) is 0 Å². The van der Waals surface area contributed by atoms with Crippen molar-refractivity contribution < 1.29 is 9.47 Å². The molecule has 0 atom stereocenters. The fraction of sp³-hybridized carbons (Fsp3) is 0.882. The van der Waals surface area contributed by atoms with E-state index in [1.807, 2.05) is 0 Å². The quantitative estimate of drug-likeness (QED) is 0.170. The summed E-state index contributed by atoms with van der Waals surface area (Å²) in [6, 6.07) is 0. The molecule has 0 aromatic rings. The summed E-state index contributed by atoms with van der Waals surface area (Å²) in [4.78, 5) is 0. The summed E-state index contributed by atoms with van der Waals surface area (Å²) in [6.45, 7) is 4.34. The smallest absolute Gasteiger partial charge is 0.0654 e. The number of rotatable bonds is 16. The topological polar surface area (TPSA) is 18.5 Å². The van der Waals surface area contributed by atoms with Crippen LogP contribution in [-0.2, 0) is 9.47 Å². The van der Waals surface area contributed by atoms with E-state index in [0.717, 1.165) is 19.6 Å². The summed E-state index contributed by atoms with van der Waals surface area (Å²) in [5, 5.41) is 1.22. The van der Waals surface area contributed by atoms with Crippen molar-refractivity contribution in [1.29, 1.82) is 0 Å². The van der Waals surface area contributed by atoms with Crippen molar-refractivity contribution in [3.63, 3.8) is 0 Å². The van der Waals surface area contributed by atoms with Gasteiger partial charge in [-0.1, -0.05) is 45.4 Å². The number of hydrogen-bond acceptors (Lipinski definition) is 2. The van der Waals surface area contributed by atoms with E-state index >= 15 is 0 Å². The van der Waals surface area contributed by atoms with Gasteiger partial charge in [0.05, 0.1) is 0 Å². The van der Waals surface area contributed by atoms with E-state index in [0.29, 0.717) is 6.79 Å². The third-order valence-corrected chi connectivity index (χ3v) is 3.36. The molecule has 0 aliphatic heterocycles. The van der Waals surface area contributed by atoms with Crippen LogP contribution in [0.5, 0.6) is 0 Å². The number of ether oxygens (including phenoxy) is 2. The van der Waals surface area contributed by atoms with Crippen molar-refractivity contribution in [1.82, 2.24) is 0 Å². The first kappa shape index (κ1) is 20.3. The normalized spacial score (nSPS) is 11.6. The Morgan fingerprint density at radius 2 is 1.35 bits per heavy atom. The standard InChI is InChI=1S/C17H33O2.Li/c1-3-5-7-9-10-11-12-14-16-19-17-18-15-13-8-6-4-2;/h6,8H,2-5,7,9-17H2,1H3;/b8-6-;. The predicted molar refractivity (Wildman–Crippen MR) is 88.3 cm³/mol. The number of unbranched alkanes of at least 4 members (excludes halogenated alkanes) is 7. The predicted octanol–water partition coefficient (Wildman–Crippen LogP) is 5.04. The van der Waals surface area contributed by atoms with Crippen molar-refractivity contribution in [2.75, 3.05) is 20.0 Å². The molecule has 2 nitrogen and oxygen atoms in total. The van der Waals surface area contributed by atoms with Crippen molar-refractivity contribution in [3.8, 4) is 0 Å². The second-order valence-corrected chi connectivity index (χ2v) is 5.46. The molecule has 0 aliphatic carbocycles. The van der Waals surface area contributed by atoms with Gasteiger partial charge in [0.15, 0.2) is 0 Å². The molecule has 3 heteroatoms. The van der Waals surface area contributed by atoms with Crippen molar-refractivity contribution >= 4 is 17.7 Å². The molecule has 0 heterocycles. The van der Waals surface area contributed by atoms with Crippen LogP contribution in [0.2, 0.25) is 5.09 Å². The van der Waals surface area contributed by atoms with E-state index in [-0.39, 0.29) is 0 Å². The third kappa shape index (κ3) is 18.3. The molecular weight excluding hydrogens is 243 g/mol. The fourth-order valence-electron chi connectivity index (χ4n) is 2.07. The van der Waals surface area contributed by atoms with Gasteiger partial charge in [0, 0.05) is 0 Å². The van der Waals surface area contributed by atoms with E-state index in [2.05, 4.69) is 36.8 Å². The van der Waals surface area contributed by atoms with Gasteiger partial charge in [0.25, 0.3) is 0 Å². The molecule has 0 aromatic carbocycles. The average molecular weight is 276 g/mol. The van der Waals surface area contributed by atoms with Gasteiger partial charge in [-0.3, -0.25) is 0 Å². The van der Waals surface area contributed by atoms with Crippen LogP contribution in [0.3, 0.4) is 0 Å². The van der Waals surface area contributed by atoms with Crippen LogP contribution in [0.25, 0.3) is 0 Å². The fourth-order valence-corrected chi connectivity index (χ4v) is 2.07. The maximum absolute atomic E-state index is 5.46. The molecular formula is C17H33LiO2. The van der Waals surface area contributed by atoms with Crippen LogP contribution in [0, 0.1) is 0 Å². The number of hydrogen-bond donors (Lipinski definition) is 0. The summed E-state index contributed by atoms with van der Waals surface area (Å²) >= 11 is 2.19. The first-order valence-corrected chi connectivity index (χ1v) is 8.72. The Labute approximate surface area is 135 Å². The Morgan fingerprint density at radius 1 is 0.750 bits per heavy atom. The SMILES string of the molecule is [Li][CH2]C/C=C\CCOCOCCCCCCCCCC. The van der Waals surface area contributed by atoms with E-state index in [9.17, 15) is 0 Å². The van der Waals surface area contributed by atoms with Gasteiger partial charge in [-0.2, -0.15) is 0 Å². The molecule has 0 radical (unpaired) electrons. The van der Waals surface area contributed by atoms with Gasteiger partial charge in [-0.15, -0.1) is 0 Å². The Bertz CT molecular complexity index is 195. The third-order valence-electron chi connectivity index (χ3n) is 3.36. The molecule has 0 saturated heterocycles. The second kappa shape index (κ2) is 19.3. The Kier molecular flexibility index (Phi) is 19.5. The zero-order valence-electron chi connectivity index (χ0n) is 13.9. The van der Waals surface area contributed by atoms with Crippen molar-refractivity contribution in [2.24, 2.45) is 0 Å². The van der Waals surface area contributed by atoms with Crippen LogP contribution < -0.4 is 0 Å². The minimum atomic E-state index is 0.456. The van der Waals surface area contributed by atoms with Crippen LogP contribution in [-0.4, -0.2) is 37.7 Å². The summed E-state index contributed by atoms with van der Waals surface area (Å²) in [6.07, 6.45) is 17.4. The van der Waals surface area contributed by atoms with Crippen LogP contribution >= 0.6 is 0 Å². The van der Waals surface area contributed by atoms with Gasteiger partial charge in [-0.25, -0.2) is 0 Å². The zero-order valence-corrected chi connectivity index (χ0v) is 13.9. The summed E-state index contributed by atoms with van der Waals surface area (Å²) in [7, 11) is 0. The van der Waals surface area contributed by atoms with Crippen LogP contribution in [0.1, 0.15) is 71.1 Å². The van der Waals surface area contributed by atoms with E-state index < -0.39 is 0 Å². The summed E-state index contributed by atoms with van der Waals surface area (Å²) < 4.78 is 10.9. The Balaban J connectivity index is 2.96. The Morgan fingerprint density at radius 3 is 2.05 bits per heavy atom. The van der Waals surface area contributed by atoms with E-state index in [4.69, 9.17) is 9.47 Å². The van der Waals surface area contributed by atoms with Gasteiger partial charge >= 0.3 is 90.1 Å². The molecule has 0 amide bonds. The van der Waals surface area contributed by atoms with Gasteiger partial charge < -0.3 is 0 Å². The molecule has 0 bridgehead atoms. The number of allylic oxidation sites excluding steroid dienone is 1. The first-order valence-electron chi connectivity index (χ1n) is 8.72. The summed E-state index contributed by atoms with van der Waals surface area (Å²) in [5.74, 6) is 0. The second-order valence-electron chi connectivity index (χ2n) is 5.46. The molecule has 0 aliphatic rings.